The predicted molar refractivity (Wildman–Crippen MR) is 99.0 cm³/mol. The summed E-state index contributed by atoms with van der Waals surface area (Å²) in [5, 5.41) is 6.17. The Hall–Kier alpha value is -3.34. The SMILES string of the molecule is COc1ccccc1C(=O)Nc1ccc(NCc2ccccn2)cc1. The molecule has 0 fully saturated rings. The van der Waals surface area contributed by atoms with Gasteiger partial charge < -0.3 is 15.4 Å². The van der Waals surface area contributed by atoms with Gasteiger partial charge in [0.05, 0.1) is 24.9 Å². The molecule has 1 heterocycles. The lowest BCUT2D eigenvalue weighted by atomic mass is 10.2. The number of methoxy groups -OCH3 is 1. The van der Waals surface area contributed by atoms with E-state index in [1.807, 2.05) is 54.6 Å². The Balaban J connectivity index is 1.61. The lowest BCUT2D eigenvalue weighted by Gasteiger charge is -2.10. The maximum absolute atomic E-state index is 12.4. The third kappa shape index (κ3) is 4.35. The van der Waals surface area contributed by atoms with E-state index in [1.165, 1.54) is 0 Å². The Morgan fingerprint density at radius 3 is 2.40 bits per heavy atom. The highest BCUT2D eigenvalue weighted by atomic mass is 16.5. The molecule has 0 bridgehead atoms. The van der Waals surface area contributed by atoms with Crippen molar-refractivity contribution in [3.8, 4) is 5.75 Å². The van der Waals surface area contributed by atoms with Crippen LogP contribution >= 0.6 is 0 Å². The fraction of sp³-hybridized carbons (Fsp3) is 0.100. The average Bonchev–Trinajstić information content (AvgIpc) is 2.68. The first-order valence-corrected chi connectivity index (χ1v) is 7.94. The third-order valence-corrected chi connectivity index (χ3v) is 3.69. The minimum Gasteiger partial charge on any atom is -0.496 e. The summed E-state index contributed by atoms with van der Waals surface area (Å²) >= 11 is 0. The van der Waals surface area contributed by atoms with Crippen molar-refractivity contribution < 1.29 is 9.53 Å². The number of nitrogens with one attached hydrogen (secondary N) is 2. The van der Waals surface area contributed by atoms with Crippen molar-refractivity contribution in [1.82, 2.24) is 4.98 Å². The van der Waals surface area contributed by atoms with Gasteiger partial charge in [-0.1, -0.05) is 18.2 Å². The van der Waals surface area contributed by atoms with E-state index < -0.39 is 0 Å². The van der Waals surface area contributed by atoms with Crippen molar-refractivity contribution in [2.24, 2.45) is 0 Å². The summed E-state index contributed by atoms with van der Waals surface area (Å²) < 4.78 is 5.22. The zero-order chi connectivity index (χ0) is 17.5. The molecule has 2 N–H and O–H groups in total. The molecule has 3 rings (SSSR count). The first-order valence-electron chi connectivity index (χ1n) is 7.94. The molecule has 2 aromatic carbocycles. The molecular formula is C20H19N3O2. The average molecular weight is 333 g/mol. The zero-order valence-corrected chi connectivity index (χ0v) is 13.9. The predicted octanol–water partition coefficient (Wildman–Crippen LogP) is 3.95. The molecule has 0 saturated heterocycles. The van der Waals surface area contributed by atoms with Crippen molar-refractivity contribution in [3.63, 3.8) is 0 Å². The number of ether oxygens (including phenoxy) is 1. The van der Waals surface area contributed by atoms with E-state index in [2.05, 4.69) is 15.6 Å². The van der Waals surface area contributed by atoms with Crippen LogP contribution in [0.3, 0.4) is 0 Å². The number of hydrogen-bond acceptors (Lipinski definition) is 4. The molecule has 3 aromatic rings. The number of pyridine rings is 1. The first kappa shape index (κ1) is 16.5. The van der Waals surface area contributed by atoms with Gasteiger partial charge in [0, 0.05) is 17.6 Å². The van der Waals surface area contributed by atoms with Crippen LogP contribution in [0.5, 0.6) is 5.75 Å². The molecule has 0 aliphatic carbocycles. The summed E-state index contributed by atoms with van der Waals surface area (Å²) in [6.45, 7) is 0.647. The molecule has 126 valence electrons. The van der Waals surface area contributed by atoms with Gasteiger partial charge >= 0.3 is 0 Å². The van der Waals surface area contributed by atoms with E-state index >= 15 is 0 Å². The number of aromatic nitrogens is 1. The van der Waals surface area contributed by atoms with Crippen LogP contribution in [0, 0.1) is 0 Å². The summed E-state index contributed by atoms with van der Waals surface area (Å²) in [5.74, 6) is 0.347. The summed E-state index contributed by atoms with van der Waals surface area (Å²) in [7, 11) is 1.55. The number of carbonyl (C=O) groups is 1. The number of nitrogens with zero attached hydrogens (tertiary/aromatic N) is 1. The lowest BCUT2D eigenvalue weighted by Crippen LogP contribution is -2.13. The molecule has 25 heavy (non-hydrogen) atoms. The molecule has 0 spiro atoms. The number of para-hydroxylation sites is 1. The molecule has 0 saturated carbocycles. The molecule has 0 radical (unpaired) electrons. The van der Waals surface area contributed by atoms with E-state index in [-0.39, 0.29) is 5.91 Å². The fourth-order valence-corrected chi connectivity index (χ4v) is 2.40. The van der Waals surface area contributed by atoms with E-state index in [0.29, 0.717) is 17.9 Å². The number of rotatable bonds is 6. The monoisotopic (exact) mass is 333 g/mol. The van der Waals surface area contributed by atoms with Crippen molar-refractivity contribution >= 4 is 17.3 Å². The van der Waals surface area contributed by atoms with Gasteiger partial charge in [-0.2, -0.15) is 0 Å². The number of anilines is 2. The van der Waals surface area contributed by atoms with Crippen LogP contribution < -0.4 is 15.4 Å². The highest BCUT2D eigenvalue weighted by molar-refractivity contribution is 6.06. The normalized spacial score (nSPS) is 10.1. The summed E-state index contributed by atoms with van der Waals surface area (Å²) in [6, 6.07) is 20.5. The number of benzene rings is 2. The maximum Gasteiger partial charge on any atom is 0.259 e. The Labute approximate surface area is 146 Å². The summed E-state index contributed by atoms with van der Waals surface area (Å²) in [4.78, 5) is 16.6. The zero-order valence-electron chi connectivity index (χ0n) is 13.9. The third-order valence-electron chi connectivity index (χ3n) is 3.69. The van der Waals surface area contributed by atoms with Crippen molar-refractivity contribution in [2.75, 3.05) is 17.7 Å². The molecule has 5 nitrogen and oxygen atoms in total. The summed E-state index contributed by atoms with van der Waals surface area (Å²) in [5.41, 5.74) is 3.15. The van der Waals surface area contributed by atoms with Gasteiger partial charge in [0.25, 0.3) is 5.91 Å². The number of carbonyl (C=O) groups excluding carboxylic acids is 1. The molecule has 1 amide bonds. The van der Waals surface area contributed by atoms with Gasteiger partial charge in [0.2, 0.25) is 0 Å². The van der Waals surface area contributed by atoms with Crippen LogP contribution in [0.15, 0.2) is 72.9 Å². The minimum atomic E-state index is -0.202. The highest BCUT2D eigenvalue weighted by Crippen LogP contribution is 2.20. The van der Waals surface area contributed by atoms with Gasteiger partial charge in [-0.15, -0.1) is 0 Å². The molecule has 0 aliphatic heterocycles. The summed E-state index contributed by atoms with van der Waals surface area (Å²) in [6.07, 6.45) is 1.77. The Kier molecular flexibility index (Phi) is 5.26. The Morgan fingerprint density at radius 2 is 1.68 bits per heavy atom. The second-order valence-electron chi connectivity index (χ2n) is 5.41. The van der Waals surface area contributed by atoms with Crippen molar-refractivity contribution in [3.05, 3.63) is 84.2 Å². The van der Waals surface area contributed by atoms with Crippen molar-refractivity contribution in [1.29, 1.82) is 0 Å². The van der Waals surface area contributed by atoms with Crippen molar-refractivity contribution in [2.45, 2.75) is 6.54 Å². The molecule has 1 aromatic heterocycles. The van der Waals surface area contributed by atoms with E-state index in [0.717, 1.165) is 17.1 Å². The van der Waals surface area contributed by atoms with Crippen LogP contribution in [0.4, 0.5) is 11.4 Å². The van der Waals surface area contributed by atoms with E-state index in [4.69, 9.17) is 4.74 Å². The van der Waals surface area contributed by atoms with Crippen LogP contribution in [0.1, 0.15) is 16.1 Å². The van der Waals surface area contributed by atoms with Crippen LogP contribution in [-0.4, -0.2) is 18.0 Å². The van der Waals surface area contributed by atoms with Crippen LogP contribution in [0.25, 0.3) is 0 Å². The number of hydrogen-bond donors (Lipinski definition) is 2. The standard InChI is InChI=1S/C20H19N3O2/c1-25-19-8-3-2-7-18(19)20(24)23-16-11-9-15(10-12-16)22-14-17-6-4-5-13-21-17/h2-13,22H,14H2,1H3,(H,23,24). The second-order valence-corrected chi connectivity index (χ2v) is 5.41. The topological polar surface area (TPSA) is 63.2 Å². The van der Waals surface area contributed by atoms with Gasteiger partial charge in [0.1, 0.15) is 5.75 Å². The van der Waals surface area contributed by atoms with Gasteiger partial charge in [-0.3, -0.25) is 9.78 Å². The lowest BCUT2D eigenvalue weighted by molar-refractivity contribution is 0.102. The maximum atomic E-state index is 12.4. The second kappa shape index (κ2) is 7.97. The minimum absolute atomic E-state index is 0.202. The molecule has 0 aliphatic rings. The van der Waals surface area contributed by atoms with Crippen LogP contribution in [-0.2, 0) is 6.54 Å². The smallest absolute Gasteiger partial charge is 0.259 e. The molecular weight excluding hydrogens is 314 g/mol. The Bertz CT molecular complexity index is 833. The van der Waals surface area contributed by atoms with Crippen LogP contribution in [0.2, 0.25) is 0 Å². The molecule has 5 heteroatoms. The first-order chi connectivity index (χ1) is 12.3. The molecule has 0 atom stereocenters. The quantitative estimate of drug-likeness (QED) is 0.717. The van der Waals surface area contributed by atoms with E-state index in [1.54, 1.807) is 25.4 Å². The van der Waals surface area contributed by atoms with Gasteiger partial charge in [0.15, 0.2) is 0 Å². The number of amides is 1. The van der Waals surface area contributed by atoms with Gasteiger partial charge in [-0.05, 0) is 48.5 Å². The largest absolute Gasteiger partial charge is 0.496 e. The van der Waals surface area contributed by atoms with Gasteiger partial charge in [-0.25, -0.2) is 0 Å². The Morgan fingerprint density at radius 1 is 0.960 bits per heavy atom. The highest BCUT2D eigenvalue weighted by Gasteiger charge is 2.11. The molecule has 0 unspecified atom stereocenters. The van der Waals surface area contributed by atoms with E-state index in [9.17, 15) is 4.79 Å². The fourth-order valence-electron chi connectivity index (χ4n) is 2.40.